The third kappa shape index (κ3) is 1.33. The van der Waals surface area contributed by atoms with E-state index >= 15 is 0 Å². The van der Waals surface area contributed by atoms with Gasteiger partial charge in [0.25, 0.3) is 0 Å². The summed E-state index contributed by atoms with van der Waals surface area (Å²) in [6, 6.07) is 1.97. The van der Waals surface area contributed by atoms with E-state index in [1.54, 1.807) is 6.20 Å². The number of pyridine rings is 1. The molecule has 2 nitrogen and oxygen atoms in total. The molecule has 0 spiro atoms. The molecule has 0 fully saturated rings. The number of hydrogen-bond donors (Lipinski definition) is 1. The monoisotopic (exact) mass is 136 g/mol. The maximum absolute atomic E-state index is 5.50. The minimum absolute atomic E-state index is 0.617. The highest BCUT2D eigenvalue weighted by Gasteiger charge is 1.95. The molecule has 0 bridgehead atoms. The second-order valence-corrected chi connectivity index (χ2v) is 2.20. The summed E-state index contributed by atoms with van der Waals surface area (Å²) in [5.74, 6) is 0. The Morgan fingerprint density at radius 3 is 2.80 bits per heavy atom. The number of nitrogens with two attached hydrogens (primary N) is 1. The Balaban J connectivity index is 2.96. The van der Waals surface area contributed by atoms with Gasteiger partial charge in [0.1, 0.15) is 0 Å². The van der Waals surface area contributed by atoms with Crippen molar-refractivity contribution >= 4 is 0 Å². The number of rotatable bonds is 2. The largest absolute Gasteiger partial charge is 0.326 e. The molecule has 0 amide bonds. The molecule has 0 aromatic carbocycles. The van der Waals surface area contributed by atoms with E-state index < -0.39 is 0 Å². The van der Waals surface area contributed by atoms with Crippen molar-refractivity contribution < 1.29 is 0 Å². The average molecular weight is 136 g/mol. The van der Waals surface area contributed by atoms with Gasteiger partial charge in [-0.05, 0) is 23.6 Å². The lowest BCUT2D eigenvalue weighted by atomic mass is 10.1. The molecule has 0 saturated heterocycles. The fourth-order valence-electron chi connectivity index (χ4n) is 0.973. The summed E-state index contributed by atoms with van der Waals surface area (Å²) in [5, 5.41) is 0. The Morgan fingerprint density at radius 1 is 1.50 bits per heavy atom. The molecule has 0 aliphatic rings. The molecule has 1 aromatic heterocycles. The Bertz CT molecular complexity index is 185. The highest BCUT2D eigenvalue weighted by atomic mass is 14.6. The van der Waals surface area contributed by atoms with Crippen LogP contribution in [0.1, 0.15) is 18.1 Å². The van der Waals surface area contributed by atoms with Gasteiger partial charge in [0.05, 0.1) is 0 Å². The first-order valence-corrected chi connectivity index (χ1v) is 3.50. The maximum Gasteiger partial charge on any atom is 0.0302 e. The van der Waals surface area contributed by atoms with Crippen LogP contribution in [0.2, 0.25) is 0 Å². The second-order valence-electron chi connectivity index (χ2n) is 2.20. The smallest absolute Gasteiger partial charge is 0.0302 e. The zero-order chi connectivity index (χ0) is 7.40. The van der Waals surface area contributed by atoms with Crippen molar-refractivity contribution in [2.45, 2.75) is 19.9 Å². The van der Waals surface area contributed by atoms with E-state index in [1.165, 1.54) is 11.1 Å². The van der Waals surface area contributed by atoms with Crippen molar-refractivity contribution in [3.63, 3.8) is 0 Å². The summed E-state index contributed by atoms with van der Waals surface area (Å²) < 4.78 is 0. The summed E-state index contributed by atoms with van der Waals surface area (Å²) in [7, 11) is 0. The first-order chi connectivity index (χ1) is 4.88. The molecule has 0 aliphatic carbocycles. The molecule has 0 saturated carbocycles. The summed E-state index contributed by atoms with van der Waals surface area (Å²) in [6.45, 7) is 2.72. The molecule has 0 unspecified atom stereocenters. The topological polar surface area (TPSA) is 38.9 Å². The number of aryl methyl sites for hydroxylation is 1. The van der Waals surface area contributed by atoms with Crippen LogP contribution in [0.3, 0.4) is 0 Å². The summed E-state index contributed by atoms with van der Waals surface area (Å²) in [6.07, 6.45) is 4.67. The van der Waals surface area contributed by atoms with Gasteiger partial charge in [0.2, 0.25) is 0 Å². The van der Waals surface area contributed by atoms with E-state index in [-0.39, 0.29) is 0 Å². The minimum atomic E-state index is 0.617. The van der Waals surface area contributed by atoms with Crippen LogP contribution in [0, 0.1) is 0 Å². The van der Waals surface area contributed by atoms with E-state index in [0.717, 1.165) is 6.42 Å². The lowest BCUT2D eigenvalue weighted by Crippen LogP contribution is -2.00. The van der Waals surface area contributed by atoms with Crippen LogP contribution in [0.4, 0.5) is 0 Å². The quantitative estimate of drug-likeness (QED) is 0.661. The maximum atomic E-state index is 5.50. The average Bonchev–Trinajstić information content (AvgIpc) is 2.04. The van der Waals surface area contributed by atoms with Crippen LogP contribution < -0.4 is 5.73 Å². The fraction of sp³-hybridized carbons (Fsp3) is 0.375. The van der Waals surface area contributed by atoms with Gasteiger partial charge >= 0.3 is 0 Å². The number of hydrogen-bond acceptors (Lipinski definition) is 2. The predicted octanol–water partition coefficient (Wildman–Crippen LogP) is 1.10. The fourth-order valence-corrected chi connectivity index (χ4v) is 0.973. The lowest BCUT2D eigenvalue weighted by Gasteiger charge is -2.01. The van der Waals surface area contributed by atoms with Gasteiger partial charge in [-0.15, -0.1) is 0 Å². The van der Waals surface area contributed by atoms with Crippen molar-refractivity contribution in [1.82, 2.24) is 4.98 Å². The molecule has 1 heterocycles. The van der Waals surface area contributed by atoms with Crippen LogP contribution in [-0.4, -0.2) is 4.98 Å². The third-order valence-electron chi connectivity index (χ3n) is 1.61. The van der Waals surface area contributed by atoms with Crippen molar-refractivity contribution in [1.29, 1.82) is 0 Å². The molecule has 54 valence electrons. The highest BCUT2D eigenvalue weighted by molar-refractivity contribution is 5.22. The zero-order valence-electron chi connectivity index (χ0n) is 6.17. The Morgan fingerprint density at radius 2 is 2.30 bits per heavy atom. The zero-order valence-corrected chi connectivity index (χ0v) is 6.17. The van der Waals surface area contributed by atoms with Crippen molar-refractivity contribution in [2.75, 3.05) is 0 Å². The summed E-state index contributed by atoms with van der Waals surface area (Å²) in [5.41, 5.74) is 7.96. The highest BCUT2D eigenvalue weighted by Crippen LogP contribution is 2.05. The standard InChI is InChI=1S/C8H12N2/c1-2-7-6-10-4-3-8(7)5-9/h3-4,6H,2,5,9H2,1H3. The Labute approximate surface area is 61.1 Å². The van der Waals surface area contributed by atoms with E-state index in [4.69, 9.17) is 5.73 Å². The van der Waals surface area contributed by atoms with Gasteiger partial charge in [-0.25, -0.2) is 0 Å². The molecule has 2 heteroatoms. The Kier molecular flexibility index (Phi) is 2.40. The lowest BCUT2D eigenvalue weighted by molar-refractivity contribution is 0.984. The van der Waals surface area contributed by atoms with Crippen LogP contribution in [-0.2, 0) is 13.0 Å². The predicted molar refractivity (Wildman–Crippen MR) is 41.5 cm³/mol. The molecule has 0 atom stereocenters. The van der Waals surface area contributed by atoms with Crippen LogP contribution >= 0.6 is 0 Å². The van der Waals surface area contributed by atoms with Gasteiger partial charge in [-0.1, -0.05) is 6.92 Å². The summed E-state index contributed by atoms with van der Waals surface area (Å²) in [4.78, 5) is 4.01. The van der Waals surface area contributed by atoms with Crippen LogP contribution in [0.5, 0.6) is 0 Å². The normalized spacial score (nSPS) is 9.80. The van der Waals surface area contributed by atoms with Gasteiger partial charge in [0.15, 0.2) is 0 Å². The molecule has 1 rings (SSSR count). The first-order valence-electron chi connectivity index (χ1n) is 3.50. The molecule has 0 aliphatic heterocycles. The van der Waals surface area contributed by atoms with Gasteiger partial charge in [-0.2, -0.15) is 0 Å². The molecule has 10 heavy (non-hydrogen) atoms. The molecular formula is C8H12N2. The van der Waals surface area contributed by atoms with Gasteiger partial charge < -0.3 is 5.73 Å². The minimum Gasteiger partial charge on any atom is -0.326 e. The van der Waals surface area contributed by atoms with E-state index in [9.17, 15) is 0 Å². The van der Waals surface area contributed by atoms with Crippen LogP contribution in [0.15, 0.2) is 18.5 Å². The van der Waals surface area contributed by atoms with E-state index in [1.807, 2.05) is 12.3 Å². The van der Waals surface area contributed by atoms with Crippen molar-refractivity contribution in [2.24, 2.45) is 5.73 Å². The van der Waals surface area contributed by atoms with Crippen LogP contribution in [0.25, 0.3) is 0 Å². The van der Waals surface area contributed by atoms with E-state index in [2.05, 4.69) is 11.9 Å². The SMILES string of the molecule is CCc1cnccc1CN. The summed E-state index contributed by atoms with van der Waals surface area (Å²) >= 11 is 0. The van der Waals surface area contributed by atoms with Gasteiger partial charge in [0, 0.05) is 18.9 Å². The third-order valence-corrected chi connectivity index (χ3v) is 1.61. The Hall–Kier alpha value is -0.890. The van der Waals surface area contributed by atoms with Gasteiger partial charge in [-0.3, -0.25) is 4.98 Å². The molecule has 0 radical (unpaired) electrons. The molecule has 1 aromatic rings. The molecule has 2 N–H and O–H groups in total. The van der Waals surface area contributed by atoms with E-state index in [0.29, 0.717) is 6.54 Å². The van der Waals surface area contributed by atoms with Crippen molar-refractivity contribution in [3.05, 3.63) is 29.6 Å². The second kappa shape index (κ2) is 3.32. The van der Waals surface area contributed by atoms with Crippen molar-refractivity contribution in [3.8, 4) is 0 Å². The number of aromatic nitrogens is 1. The number of nitrogens with zero attached hydrogens (tertiary/aromatic N) is 1. The first kappa shape index (κ1) is 7.22. The molecular weight excluding hydrogens is 124 g/mol.